The fraction of sp³-hybridized carbons (Fsp3) is 0.476. The fourth-order valence-corrected chi connectivity index (χ4v) is 8.23. The zero-order valence-electron chi connectivity index (χ0n) is 29.4. The highest BCUT2D eigenvalue weighted by Gasteiger charge is 2.51. The number of benzene rings is 2. The number of aliphatic hydroxyl groups excluding tert-OH is 2. The van der Waals surface area contributed by atoms with Crippen LogP contribution in [0.4, 0.5) is 0 Å². The maximum atomic E-state index is 12.8. The van der Waals surface area contributed by atoms with Gasteiger partial charge in [0.05, 0.1) is 17.7 Å². The van der Waals surface area contributed by atoms with Crippen LogP contribution in [0.2, 0.25) is 0 Å². The van der Waals surface area contributed by atoms with Crippen LogP contribution >= 0.6 is 0 Å². The normalized spacial score (nSPS) is 24.5. The second kappa shape index (κ2) is 15.2. The Kier molecular flexibility index (Phi) is 10.5. The number of rotatable bonds is 10. The van der Waals surface area contributed by atoms with Gasteiger partial charge in [-0.15, -0.1) is 0 Å². The SMILES string of the molecule is CCCCCC(O)CC(=O)CCc1ccc2c(c1)OC1C(C#CC(O)c3ccc(C(N)N)cc3CC3=C4C[NH+]1C=C4N=C3)C1(C#CO2)CCCC1. The van der Waals surface area contributed by atoms with Gasteiger partial charge in [-0.25, -0.2) is 0 Å². The van der Waals surface area contributed by atoms with Gasteiger partial charge >= 0.3 is 0 Å². The second-order valence-corrected chi connectivity index (χ2v) is 14.8. The first-order chi connectivity index (χ1) is 24.7. The van der Waals surface area contributed by atoms with Crippen LogP contribution in [0.25, 0.3) is 0 Å². The van der Waals surface area contributed by atoms with Gasteiger partial charge in [0.2, 0.25) is 0 Å². The average molecular weight is 690 g/mol. The molecule has 0 saturated heterocycles. The highest BCUT2D eigenvalue weighted by molar-refractivity contribution is 5.87. The monoisotopic (exact) mass is 689 g/mol. The summed E-state index contributed by atoms with van der Waals surface area (Å²) in [6.07, 6.45) is 13.4. The van der Waals surface area contributed by atoms with Gasteiger partial charge in [0, 0.05) is 24.6 Å². The van der Waals surface area contributed by atoms with E-state index in [2.05, 4.69) is 37.0 Å². The lowest BCUT2D eigenvalue weighted by Gasteiger charge is -2.36. The van der Waals surface area contributed by atoms with E-state index in [1.165, 1.54) is 0 Å². The minimum absolute atomic E-state index is 0.0509. The summed E-state index contributed by atoms with van der Waals surface area (Å²) < 4.78 is 13.2. The van der Waals surface area contributed by atoms with Crippen LogP contribution in [0.5, 0.6) is 11.5 Å². The Bertz CT molecular complexity index is 1880. The molecule has 266 valence electrons. The predicted molar refractivity (Wildman–Crippen MR) is 195 cm³/mol. The minimum atomic E-state index is -1.04. The number of aliphatic imine (C=N–C) groups is 1. The lowest BCUT2D eigenvalue weighted by molar-refractivity contribution is -0.891. The first-order valence-electron chi connectivity index (χ1n) is 18.6. The molecule has 51 heavy (non-hydrogen) atoms. The van der Waals surface area contributed by atoms with Crippen molar-refractivity contribution < 1.29 is 29.4 Å². The molecular formula is C42H49N4O5+. The number of hydrogen-bond acceptors (Lipinski definition) is 8. The molecule has 5 aliphatic rings. The molecule has 1 saturated carbocycles. The Morgan fingerprint density at radius 3 is 2.76 bits per heavy atom. The van der Waals surface area contributed by atoms with Crippen molar-refractivity contribution in [1.29, 1.82) is 0 Å². The van der Waals surface area contributed by atoms with Crippen LogP contribution < -0.4 is 25.8 Å². The number of fused-ring (bicyclic) bond motifs is 6. The van der Waals surface area contributed by atoms with Crippen LogP contribution in [0.3, 0.4) is 0 Å². The minimum Gasteiger partial charge on any atom is -0.437 e. The summed E-state index contributed by atoms with van der Waals surface area (Å²) in [6, 6.07) is 11.5. The Balaban J connectivity index is 1.24. The van der Waals surface area contributed by atoms with Gasteiger partial charge in [0.25, 0.3) is 6.23 Å². The molecule has 9 nitrogen and oxygen atoms in total. The summed E-state index contributed by atoms with van der Waals surface area (Å²) in [5.74, 6) is 11.0. The molecule has 2 aromatic carbocycles. The number of carbonyl (C=O) groups excluding carboxylic acids is 1. The molecule has 4 heterocycles. The number of carbonyl (C=O) groups is 1. The van der Waals surface area contributed by atoms with Gasteiger partial charge in [-0.3, -0.25) is 14.7 Å². The molecule has 2 bridgehead atoms. The maximum Gasteiger partial charge on any atom is 0.252 e. The molecule has 4 aliphatic heterocycles. The number of allylic oxidation sites excluding steroid dienone is 1. The van der Waals surface area contributed by atoms with E-state index in [9.17, 15) is 15.0 Å². The standard InChI is InChI=1S/C42H48N4O5/c1-2-3-4-7-31(47)23-32(48)11-8-27-9-15-38-39(20-27)51-41-35(42(18-19-50-38)16-5-6-17-42)13-14-37(49)33-12-10-28(40(43)44)21-29(33)22-30-24-45-36-26-46(41)25-34(30)36/h9-10,12,15,20-21,24,26,31,35,37,40-41,47,49H,2-8,11,16-17,22-23,25,43-44H2,1H3/p+1. The van der Waals surface area contributed by atoms with E-state index in [1.807, 2.05) is 42.6 Å². The predicted octanol–water partition coefficient (Wildman–Crippen LogP) is 4.08. The number of hydrogen-bond donors (Lipinski definition) is 5. The van der Waals surface area contributed by atoms with Crippen LogP contribution in [0, 0.1) is 35.2 Å². The fourth-order valence-electron chi connectivity index (χ4n) is 8.23. The van der Waals surface area contributed by atoms with E-state index in [0.717, 1.165) is 88.9 Å². The number of quaternary nitrogens is 1. The van der Waals surface area contributed by atoms with Gasteiger partial charge in [-0.1, -0.05) is 81.1 Å². The van der Waals surface area contributed by atoms with Crippen molar-refractivity contribution in [2.75, 3.05) is 6.54 Å². The van der Waals surface area contributed by atoms with Crippen LogP contribution in [-0.2, 0) is 17.6 Å². The number of nitrogens with one attached hydrogen (secondary N) is 1. The van der Waals surface area contributed by atoms with Gasteiger partial charge in [0.1, 0.15) is 42.4 Å². The number of Topliss-reactive ketones (excluding diaryl/α,β-unsaturated/α-hetero) is 1. The van der Waals surface area contributed by atoms with E-state index < -0.39 is 30.0 Å². The third-order valence-electron chi connectivity index (χ3n) is 11.1. The molecule has 7 rings (SSSR count). The van der Waals surface area contributed by atoms with E-state index in [-0.39, 0.29) is 18.1 Å². The molecule has 7 N–H and O–H groups in total. The lowest BCUT2D eigenvalue weighted by atomic mass is 9.73. The zero-order valence-corrected chi connectivity index (χ0v) is 29.4. The number of nitrogens with two attached hydrogens (primary N) is 2. The number of unbranched alkanes of at least 4 members (excludes halogenated alkanes) is 2. The summed E-state index contributed by atoms with van der Waals surface area (Å²) in [5, 5.41) is 22.0. The number of ether oxygens (including phenoxy) is 2. The largest absolute Gasteiger partial charge is 0.437 e. The van der Waals surface area contributed by atoms with E-state index >= 15 is 0 Å². The van der Waals surface area contributed by atoms with Crippen molar-refractivity contribution >= 4 is 12.0 Å². The van der Waals surface area contributed by atoms with E-state index in [4.69, 9.17) is 25.9 Å². The van der Waals surface area contributed by atoms with Crippen molar-refractivity contribution in [1.82, 2.24) is 0 Å². The molecule has 0 aromatic heterocycles. The third kappa shape index (κ3) is 7.55. The Morgan fingerprint density at radius 2 is 1.96 bits per heavy atom. The summed E-state index contributed by atoms with van der Waals surface area (Å²) in [4.78, 5) is 18.7. The highest BCUT2D eigenvalue weighted by atomic mass is 16.5. The molecule has 5 unspecified atom stereocenters. The number of aliphatic hydroxyl groups is 2. The molecular weight excluding hydrogens is 640 g/mol. The molecule has 1 aliphatic carbocycles. The molecule has 5 atom stereocenters. The Labute approximate surface area is 300 Å². The third-order valence-corrected chi connectivity index (χ3v) is 11.1. The van der Waals surface area contributed by atoms with Crippen molar-refractivity contribution in [3.63, 3.8) is 0 Å². The molecule has 0 radical (unpaired) electrons. The first kappa shape index (κ1) is 35.2. The van der Waals surface area contributed by atoms with Crippen LogP contribution in [0.1, 0.15) is 106 Å². The van der Waals surface area contributed by atoms with Gasteiger partial charge in [-0.2, -0.15) is 0 Å². The summed E-state index contributed by atoms with van der Waals surface area (Å²) in [6.45, 7) is 2.79. The molecule has 9 heteroatoms. The molecule has 0 amide bonds. The summed E-state index contributed by atoms with van der Waals surface area (Å²) in [5.41, 5.74) is 18.2. The first-order valence-corrected chi connectivity index (χ1v) is 18.6. The highest BCUT2D eigenvalue weighted by Crippen LogP contribution is 2.47. The summed E-state index contributed by atoms with van der Waals surface area (Å²) >= 11 is 0. The topological polar surface area (TPSA) is 145 Å². The molecule has 2 aromatic rings. The molecule has 1 spiro atoms. The lowest BCUT2D eigenvalue weighted by Crippen LogP contribution is -3.12. The Morgan fingerprint density at radius 1 is 1.12 bits per heavy atom. The van der Waals surface area contributed by atoms with Gasteiger partial charge in [-0.05, 0) is 72.1 Å². The smallest absolute Gasteiger partial charge is 0.252 e. The van der Waals surface area contributed by atoms with Crippen molar-refractivity contribution in [3.05, 3.63) is 81.7 Å². The number of aryl methyl sites for hydroxylation is 1. The van der Waals surface area contributed by atoms with Gasteiger partial charge < -0.3 is 31.2 Å². The van der Waals surface area contributed by atoms with Crippen molar-refractivity contribution in [2.24, 2.45) is 27.8 Å². The van der Waals surface area contributed by atoms with E-state index in [1.54, 1.807) is 0 Å². The van der Waals surface area contributed by atoms with Crippen molar-refractivity contribution in [3.8, 4) is 35.4 Å². The van der Waals surface area contributed by atoms with Crippen LogP contribution in [0.15, 0.2) is 64.4 Å². The number of nitrogens with zero attached hydrogens (tertiary/aromatic N) is 1. The van der Waals surface area contributed by atoms with Crippen molar-refractivity contribution in [2.45, 2.75) is 109 Å². The van der Waals surface area contributed by atoms with Crippen LogP contribution in [-0.4, -0.2) is 41.1 Å². The number of ketones is 1. The quantitative estimate of drug-likeness (QED) is 0.144. The molecule has 1 fully saturated rings. The summed E-state index contributed by atoms with van der Waals surface area (Å²) in [7, 11) is 0. The Hall–Kier alpha value is -4.22. The average Bonchev–Trinajstić information content (AvgIpc) is 3.86. The van der Waals surface area contributed by atoms with Gasteiger partial charge in [0.15, 0.2) is 11.5 Å². The maximum absolute atomic E-state index is 12.8. The second-order valence-electron chi connectivity index (χ2n) is 14.8. The zero-order chi connectivity index (χ0) is 35.5. The van der Waals surface area contributed by atoms with E-state index in [0.29, 0.717) is 43.7 Å².